The minimum Gasteiger partial charge on any atom is -0.393 e. The first kappa shape index (κ1) is 17.9. The summed E-state index contributed by atoms with van der Waals surface area (Å²) >= 11 is 0. The van der Waals surface area contributed by atoms with Crippen LogP contribution in [-0.2, 0) is 0 Å². The van der Waals surface area contributed by atoms with Gasteiger partial charge in [-0.3, -0.25) is 4.79 Å². The number of nitrogens with one attached hydrogen (secondary N) is 1. The number of carbonyl (C=O) groups is 1. The topological polar surface area (TPSA) is 76.4 Å². The van der Waals surface area contributed by atoms with Gasteiger partial charge in [-0.1, -0.05) is 6.07 Å². The van der Waals surface area contributed by atoms with Crippen LogP contribution in [-0.4, -0.2) is 41.3 Å². The largest absolute Gasteiger partial charge is 0.393 e. The van der Waals surface area contributed by atoms with Crippen LogP contribution in [0.5, 0.6) is 0 Å². The van der Waals surface area contributed by atoms with Crippen molar-refractivity contribution >= 4 is 17.3 Å². The molecular weight excluding hydrogens is 333 g/mol. The summed E-state index contributed by atoms with van der Waals surface area (Å²) in [6, 6.07) is 16.1. The van der Waals surface area contributed by atoms with E-state index in [4.69, 9.17) is 5.26 Å². The molecular formula is C20H20FN3O2. The molecule has 0 aliphatic carbocycles. The number of hydrogen-bond donors (Lipinski definition) is 2. The Bertz CT molecular complexity index is 832. The summed E-state index contributed by atoms with van der Waals surface area (Å²) in [5.41, 5.74) is 0.849. The van der Waals surface area contributed by atoms with E-state index in [1.54, 1.807) is 42.5 Å². The SMILES string of the molecule is N#Cc1ccc(Nc2cccc(C(=O)N3CCCC(F)(CO)C3)c2)cc1. The molecule has 1 unspecified atom stereocenters. The van der Waals surface area contributed by atoms with Crippen LogP contribution < -0.4 is 5.32 Å². The van der Waals surface area contributed by atoms with Gasteiger partial charge >= 0.3 is 0 Å². The third-order valence-corrected chi connectivity index (χ3v) is 4.51. The summed E-state index contributed by atoms with van der Waals surface area (Å²) in [5, 5.41) is 21.2. The predicted molar refractivity (Wildman–Crippen MR) is 96.9 cm³/mol. The Labute approximate surface area is 151 Å². The molecule has 1 fully saturated rings. The first-order valence-corrected chi connectivity index (χ1v) is 8.49. The van der Waals surface area contributed by atoms with Gasteiger partial charge in [0.1, 0.15) is 0 Å². The molecule has 0 aromatic heterocycles. The maximum Gasteiger partial charge on any atom is 0.254 e. The molecule has 2 aromatic rings. The lowest BCUT2D eigenvalue weighted by Gasteiger charge is -2.36. The third-order valence-electron chi connectivity index (χ3n) is 4.51. The van der Waals surface area contributed by atoms with Crippen molar-refractivity contribution in [1.82, 2.24) is 4.90 Å². The van der Waals surface area contributed by atoms with Gasteiger partial charge in [-0.05, 0) is 55.3 Å². The van der Waals surface area contributed by atoms with Crippen molar-refractivity contribution in [3.05, 3.63) is 59.7 Å². The smallest absolute Gasteiger partial charge is 0.254 e. The summed E-state index contributed by atoms with van der Waals surface area (Å²) in [7, 11) is 0. The molecule has 26 heavy (non-hydrogen) atoms. The standard InChI is InChI=1S/C20H20FN3O2/c21-20(14-25)9-2-10-24(13-20)19(26)16-3-1-4-18(11-16)23-17-7-5-15(12-22)6-8-17/h1,3-8,11,23,25H,2,9-10,13-14H2. The van der Waals surface area contributed by atoms with Crippen molar-refractivity contribution < 1.29 is 14.3 Å². The van der Waals surface area contributed by atoms with Crippen molar-refractivity contribution in [3.8, 4) is 6.07 Å². The zero-order valence-electron chi connectivity index (χ0n) is 14.3. The highest BCUT2D eigenvalue weighted by molar-refractivity contribution is 5.95. The van der Waals surface area contributed by atoms with E-state index in [1.165, 1.54) is 4.90 Å². The number of hydrogen-bond acceptors (Lipinski definition) is 4. The number of aliphatic hydroxyl groups excluding tert-OH is 1. The van der Waals surface area contributed by atoms with Crippen LogP contribution in [0.25, 0.3) is 0 Å². The maximum absolute atomic E-state index is 14.4. The zero-order chi connectivity index (χ0) is 18.6. The Morgan fingerprint density at radius 1 is 1.27 bits per heavy atom. The lowest BCUT2D eigenvalue weighted by Crippen LogP contribution is -2.49. The average molecular weight is 353 g/mol. The number of nitrogens with zero attached hydrogens (tertiary/aromatic N) is 2. The summed E-state index contributed by atoms with van der Waals surface area (Å²) in [5.74, 6) is -0.247. The fraction of sp³-hybridized carbons (Fsp3) is 0.300. The van der Waals surface area contributed by atoms with Gasteiger partial charge in [-0.15, -0.1) is 0 Å². The highest BCUT2D eigenvalue weighted by Gasteiger charge is 2.36. The summed E-state index contributed by atoms with van der Waals surface area (Å²) in [4.78, 5) is 14.2. The van der Waals surface area contributed by atoms with E-state index in [9.17, 15) is 14.3 Å². The van der Waals surface area contributed by atoms with E-state index in [2.05, 4.69) is 11.4 Å². The van der Waals surface area contributed by atoms with E-state index in [-0.39, 0.29) is 18.9 Å². The quantitative estimate of drug-likeness (QED) is 0.885. The second kappa shape index (κ2) is 7.54. The van der Waals surface area contributed by atoms with Gasteiger partial charge in [-0.2, -0.15) is 5.26 Å². The molecule has 1 amide bonds. The number of anilines is 2. The first-order chi connectivity index (χ1) is 12.5. The Balaban J connectivity index is 1.74. The van der Waals surface area contributed by atoms with E-state index >= 15 is 0 Å². The van der Waals surface area contributed by atoms with E-state index in [1.807, 2.05) is 6.07 Å². The Morgan fingerprint density at radius 3 is 2.73 bits per heavy atom. The monoisotopic (exact) mass is 353 g/mol. The number of likely N-dealkylation sites (tertiary alicyclic amines) is 1. The molecule has 6 heteroatoms. The number of piperidine rings is 1. The number of amides is 1. The fourth-order valence-corrected chi connectivity index (χ4v) is 3.10. The van der Waals surface area contributed by atoms with Crippen LogP contribution in [0.2, 0.25) is 0 Å². The van der Waals surface area contributed by atoms with Gasteiger partial charge in [0.2, 0.25) is 0 Å². The molecule has 0 radical (unpaired) electrons. The summed E-state index contributed by atoms with van der Waals surface area (Å²) in [6.45, 7) is -0.176. The number of halogens is 1. The van der Waals surface area contributed by atoms with Gasteiger partial charge in [0.25, 0.3) is 5.91 Å². The van der Waals surface area contributed by atoms with Crippen LogP contribution in [0.1, 0.15) is 28.8 Å². The van der Waals surface area contributed by atoms with E-state index in [0.29, 0.717) is 24.1 Å². The highest BCUT2D eigenvalue weighted by Crippen LogP contribution is 2.26. The molecule has 2 aromatic carbocycles. The number of alkyl halides is 1. The zero-order valence-corrected chi connectivity index (χ0v) is 14.3. The van der Waals surface area contributed by atoms with Crippen molar-refractivity contribution in [2.45, 2.75) is 18.5 Å². The molecule has 134 valence electrons. The predicted octanol–water partition coefficient (Wildman–Crippen LogP) is 3.24. The van der Waals surface area contributed by atoms with Gasteiger partial charge in [0, 0.05) is 23.5 Å². The Morgan fingerprint density at radius 2 is 2.04 bits per heavy atom. The van der Waals surface area contributed by atoms with Crippen molar-refractivity contribution in [2.24, 2.45) is 0 Å². The van der Waals surface area contributed by atoms with Crippen LogP contribution in [0.4, 0.5) is 15.8 Å². The van der Waals surface area contributed by atoms with E-state index in [0.717, 1.165) is 11.4 Å². The number of nitriles is 1. The molecule has 1 aliphatic heterocycles. The molecule has 5 nitrogen and oxygen atoms in total. The minimum atomic E-state index is -1.72. The second-order valence-corrected chi connectivity index (χ2v) is 6.53. The first-order valence-electron chi connectivity index (χ1n) is 8.49. The van der Waals surface area contributed by atoms with Crippen LogP contribution in [0.15, 0.2) is 48.5 Å². The van der Waals surface area contributed by atoms with Gasteiger partial charge in [0.05, 0.1) is 24.8 Å². The highest BCUT2D eigenvalue weighted by atomic mass is 19.1. The third kappa shape index (κ3) is 4.01. The fourth-order valence-electron chi connectivity index (χ4n) is 3.10. The van der Waals surface area contributed by atoms with Crippen LogP contribution >= 0.6 is 0 Å². The van der Waals surface area contributed by atoms with E-state index < -0.39 is 12.3 Å². The van der Waals surface area contributed by atoms with Crippen molar-refractivity contribution in [2.75, 3.05) is 25.0 Å². The average Bonchev–Trinajstić information content (AvgIpc) is 2.68. The second-order valence-electron chi connectivity index (χ2n) is 6.53. The van der Waals surface area contributed by atoms with Crippen molar-refractivity contribution in [3.63, 3.8) is 0 Å². The molecule has 0 spiro atoms. The number of carbonyl (C=O) groups excluding carboxylic acids is 1. The maximum atomic E-state index is 14.4. The molecule has 2 N–H and O–H groups in total. The van der Waals surface area contributed by atoms with Crippen LogP contribution in [0.3, 0.4) is 0 Å². The van der Waals surface area contributed by atoms with Gasteiger partial charge in [-0.25, -0.2) is 4.39 Å². The molecule has 0 bridgehead atoms. The summed E-state index contributed by atoms with van der Waals surface area (Å²) in [6.07, 6.45) is 0.805. The molecule has 1 heterocycles. The number of benzene rings is 2. The van der Waals surface area contributed by atoms with Gasteiger partial charge in [0.15, 0.2) is 5.67 Å². The Hall–Kier alpha value is -2.91. The molecule has 1 atom stereocenters. The minimum absolute atomic E-state index is 0.0877. The summed E-state index contributed by atoms with van der Waals surface area (Å²) < 4.78 is 14.4. The van der Waals surface area contributed by atoms with Crippen molar-refractivity contribution in [1.29, 1.82) is 5.26 Å². The normalized spacial score (nSPS) is 19.7. The number of rotatable bonds is 4. The molecule has 3 rings (SSSR count). The Kier molecular flexibility index (Phi) is 5.19. The molecule has 1 saturated heterocycles. The number of aliphatic hydroxyl groups is 1. The lowest BCUT2D eigenvalue weighted by atomic mass is 9.95. The van der Waals surface area contributed by atoms with Crippen LogP contribution in [0, 0.1) is 11.3 Å². The van der Waals surface area contributed by atoms with Gasteiger partial charge < -0.3 is 15.3 Å². The molecule has 1 aliphatic rings. The molecule has 0 saturated carbocycles. The lowest BCUT2D eigenvalue weighted by molar-refractivity contribution is 0.00174.